The molecule has 2 heteroatoms. The zero-order chi connectivity index (χ0) is 11.8. The molecule has 17 heavy (non-hydrogen) atoms. The molecule has 0 aromatic heterocycles. The molecule has 1 aliphatic rings. The van der Waals surface area contributed by atoms with E-state index in [1.807, 2.05) is 18.2 Å². The molecule has 2 aromatic carbocycles. The number of halogens is 1. The van der Waals surface area contributed by atoms with Gasteiger partial charge >= 0.3 is 0 Å². The topological polar surface area (TPSA) is 3.01 Å². The first-order valence-corrected chi connectivity index (χ1v) is 5.86. The molecule has 1 nitrogen and oxygen atoms in total. The van der Waals surface area contributed by atoms with Crippen molar-refractivity contribution >= 4 is 5.69 Å². The van der Waals surface area contributed by atoms with Crippen LogP contribution in [0, 0.1) is 5.82 Å². The van der Waals surface area contributed by atoms with Crippen molar-refractivity contribution in [2.45, 2.75) is 19.0 Å². The smallest absolute Gasteiger partial charge is 0.123 e. The van der Waals surface area contributed by atoms with E-state index in [9.17, 15) is 4.39 Å². The summed E-state index contributed by atoms with van der Waals surface area (Å²) in [5, 5.41) is 0. The van der Waals surface area contributed by atoms with Gasteiger partial charge in [0.25, 0.3) is 0 Å². The molecule has 0 radical (unpaired) electrons. The summed E-state index contributed by atoms with van der Waals surface area (Å²) in [6.07, 6.45) is 0. The lowest BCUT2D eigenvalue weighted by Crippen LogP contribution is -1.95. The van der Waals surface area contributed by atoms with Crippen LogP contribution in [0.25, 0.3) is 0 Å². The summed E-state index contributed by atoms with van der Waals surface area (Å²) < 4.78 is 12.9. The predicted molar refractivity (Wildman–Crippen MR) is 67.5 cm³/mol. The maximum atomic E-state index is 12.9. The van der Waals surface area contributed by atoms with Gasteiger partial charge in [0.05, 0.1) is 12.1 Å². The fourth-order valence-corrected chi connectivity index (χ4v) is 2.45. The van der Waals surface area contributed by atoms with Crippen LogP contribution in [0.2, 0.25) is 0 Å². The van der Waals surface area contributed by atoms with E-state index in [4.69, 9.17) is 0 Å². The molecule has 0 aliphatic carbocycles. The number of hydrogen-bond acceptors (Lipinski definition) is 1. The summed E-state index contributed by atoms with van der Waals surface area (Å²) >= 11 is 0. The summed E-state index contributed by atoms with van der Waals surface area (Å²) in [6.45, 7) is 2.20. The van der Waals surface area contributed by atoms with E-state index in [1.165, 1.54) is 17.7 Å². The van der Waals surface area contributed by atoms with Crippen molar-refractivity contribution in [3.8, 4) is 0 Å². The Morgan fingerprint density at radius 3 is 2.24 bits per heavy atom. The highest BCUT2D eigenvalue weighted by Gasteiger charge is 2.44. The minimum atomic E-state index is -0.181. The lowest BCUT2D eigenvalue weighted by molar-refractivity contribution is 0.628. The van der Waals surface area contributed by atoms with E-state index in [-0.39, 0.29) is 5.82 Å². The van der Waals surface area contributed by atoms with Gasteiger partial charge in [0.2, 0.25) is 0 Å². The quantitative estimate of drug-likeness (QED) is 0.706. The van der Waals surface area contributed by atoms with Crippen molar-refractivity contribution in [2.75, 3.05) is 4.90 Å². The maximum absolute atomic E-state index is 12.9. The largest absolute Gasteiger partial charge is 0.357 e. The second-order valence-corrected chi connectivity index (χ2v) is 4.48. The summed E-state index contributed by atoms with van der Waals surface area (Å²) in [5.41, 5.74) is 2.41. The standard InChI is InChI=1S/C15H14FN/c1-11-15(12-5-3-2-4-6-12)17(11)14-9-7-13(16)8-10-14/h2-11,15H,1H3/t11-,15-,17?/m1/s1. The lowest BCUT2D eigenvalue weighted by atomic mass is 10.1. The van der Waals surface area contributed by atoms with Gasteiger partial charge in [-0.1, -0.05) is 30.3 Å². The molecule has 0 amide bonds. The van der Waals surface area contributed by atoms with E-state index >= 15 is 0 Å². The molecule has 0 unspecified atom stereocenters. The van der Waals surface area contributed by atoms with Crippen LogP contribution in [-0.4, -0.2) is 6.04 Å². The molecule has 0 bridgehead atoms. The Kier molecular flexibility index (Phi) is 2.36. The first-order chi connectivity index (χ1) is 8.27. The van der Waals surface area contributed by atoms with Crippen LogP contribution < -0.4 is 4.90 Å². The molecule has 0 saturated carbocycles. The van der Waals surface area contributed by atoms with Crippen molar-refractivity contribution in [1.82, 2.24) is 0 Å². The first kappa shape index (κ1) is 10.3. The molecule has 2 aromatic rings. The van der Waals surface area contributed by atoms with Crippen LogP contribution in [0.5, 0.6) is 0 Å². The van der Waals surface area contributed by atoms with Crippen LogP contribution in [0.4, 0.5) is 10.1 Å². The Bertz CT molecular complexity index is 506. The first-order valence-electron chi connectivity index (χ1n) is 5.86. The minimum Gasteiger partial charge on any atom is -0.357 e. The van der Waals surface area contributed by atoms with Crippen LogP contribution in [0.3, 0.4) is 0 Å². The fourth-order valence-electron chi connectivity index (χ4n) is 2.45. The summed E-state index contributed by atoms with van der Waals surface area (Å²) in [5.74, 6) is -0.181. The third kappa shape index (κ3) is 1.80. The average Bonchev–Trinajstić information content (AvgIpc) is 3.03. The monoisotopic (exact) mass is 227 g/mol. The van der Waals surface area contributed by atoms with Crippen molar-refractivity contribution in [2.24, 2.45) is 0 Å². The highest BCUT2D eigenvalue weighted by molar-refractivity contribution is 5.58. The van der Waals surface area contributed by atoms with E-state index in [1.54, 1.807) is 0 Å². The van der Waals surface area contributed by atoms with Gasteiger partial charge in [-0.3, -0.25) is 0 Å². The summed E-state index contributed by atoms with van der Waals surface area (Å²) in [4.78, 5) is 2.30. The lowest BCUT2D eigenvalue weighted by Gasteiger charge is -2.05. The van der Waals surface area contributed by atoms with Gasteiger partial charge in [-0.05, 0) is 36.8 Å². The zero-order valence-electron chi connectivity index (χ0n) is 9.68. The molecular weight excluding hydrogens is 213 g/mol. The third-order valence-electron chi connectivity index (χ3n) is 3.37. The fraction of sp³-hybridized carbons (Fsp3) is 0.200. The van der Waals surface area contributed by atoms with E-state index in [0.29, 0.717) is 12.1 Å². The highest BCUT2D eigenvalue weighted by Crippen LogP contribution is 2.46. The van der Waals surface area contributed by atoms with Gasteiger partial charge in [-0.25, -0.2) is 4.39 Å². The van der Waals surface area contributed by atoms with Crippen LogP contribution in [-0.2, 0) is 0 Å². The molecule has 3 rings (SSSR count). The number of hydrogen-bond donors (Lipinski definition) is 0. The van der Waals surface area contributed by atoms with Crippen molar-refractivity contribution in [1.29, 1.82) is 0 Å². The van der Waals surface area contributed by atoms with Crippen molar-refractivity contribution in [3.63, 3.8) is 0 Å². The molecule has 86 valence electrons. The maximum Gasteiger partial charge on any atom is 0.123 e. The SMILES string of the molecule is C[C@@H]1[C@H](c2ccccc2)N1c1ccc(F)cc1. The van der Waals surface area contributed by atoms with Gasteiger partial charge in [-0.15, -0.1) is 0 Å². The average molecular weight is 227 g/mol. The highest BCUT2D eigenvalue weighted by atomic mass is 19.1. The Morgan fingerprint density at radius 2 is 1.59 bits per heavy atom. The minimum absolute atomic E-state index is 0.181. The Labute approximate surface area is 101 Å². The Balaban J connectivity index is 1.86. The third-order valence-corrected chi connectivity index (χ3v) is 3.37. The Morgan fingerprint density at radius 1 is 0.941 bits per heavy atom. The normalized spacial score (nSPS) is 22.6. The van der Waals surface area contributed by atoms with Crippen molar-refractivity contribution in [3.05, 3.63) is 66.0 Å². The second kappa shape index (κ2) is 3.88. The van der Waals surface area contributed by atoms with Gasteiger partial charge in [0, 0.05) is 5.69 Å². The molecule has 1 aliphatic heterocycles. The molecule has 0 N–H and O–H groups in total. The molecule has 1 fully saturated rings. The summed E-state index contributed by atoms with van der Waals surface area (Å²) in [6, 6.07) is 18.1. The molecule has 1 saturated heterocycles. The van der Waals surface area contributed by atoms with Gasteiger partial charge in [0.1, 0.15) is 5.82 Å². The number of rotatable bonds is 2. The zero-order valence-corrected chi connectivity index (χ0v) is 9.68. The molecule has 1 heterocycles. The van der Waals surface area contributed by atoms with E-state index < -0.39 is 0 Å². The Hall–Kier alpha value is -1.83. The molecule has 2 atom stereocenters. The number of benzene rings is 2. The number of anilines is 1. The predicted octanol–water partition coefficient (Wildman–Crippen LogP) is 3.78. The van der Waals surface area contributed by atoms with Crippen LogP contribution in [0.1, 0.15) is 18.5 Å². The van der Waals surface area contributed by atoms with Crippen LogP contribution in [0.15, 0.2) is 54.6 Å². The molecular formula is C15H14FN. The summed E-state index contributed by atoms with van der Waals surface area (Å²) in [7, 11) is 0. The molecule has 0 spiro atoms. The second-order valence-electron chi connectivity index (χ2n) is 4.48. The van der Waals surface area contributed by atoms with E-state index in [0.717, 1.165) is 5.69 Å². The van der Waals surface area contributed by atoms with Gasteiger partial charge in [0.15, 0.2) is 0 Å². The van der Waals surface area contributed by atoms with E-state index in [2.05, 4.69) is 36.1 Å². The van der Waals surface area contributed by atoms with Crippen LogP contribution >= 0.6 is 0 Å². The van der Waals surface area contributed by atoms with Gasteiger partial charge in [-0.2, -0.15) is 0 Å². The number of nitrogens with zero attached hydrogens (tertiary/aromatic N) is 1. The van der Waals surface area contributed by atoms with Crippen molar-refractivity contribution < 1.29 is 4.39 Å². The van der Waals surface area contributed by atoms with Gasteiger partial charge < -0.3 is 4.90 Å².